The van der Waals surface area contributed by atoms with Crippen molar-refractivity contribution in [3.63, 3.8) is 0 Å². The van der Waals surface area contributed by atoms with Gasteiger partial charge < -0.3 is 9.64 Å². The lowest BCUT2D eigenvalue weighted by Gasteiger charge is -2.26. The van der Waals surface area contributed by atoms with E-state index in [1.807, 2.05) is 36.4 Å². The number of nitrogens with zero attached hydrogens (tertiary/aromatic N) is 1. The molecule has 4 heteroatoms. The zero-order valence-electron chi connectivity index (χ0n) is 11.7. The smallest absolute Gasteiger partial charge is 0.309 e. The van der Waals surface area contributed by atoms with E-state index >= 15 is 0 Å². The molecular formula is C16H19NO3. The number of carbonyl (C=O) groups is 2. The Morgan fingerprint density at radius 1 is 1.25 bits per heavy atom. The predicted molar refractivity (Wildman–Crippen MR) is 76.3 cm³/mol. The SMILES string of the molecule is CCOC(=O)CC1=CCN(C(=O)c2ccccc2)CC1. The summed E-state index contributed by atoms with van der Waals surface area (Å²) in [6, 6.07) is 9.25. The van der Waals surface area contributed by atoms with Crippen molar-refractivity contribution >= 4 is 11.9 Å². The van der Waals surface area contributed by atoms with Crippen molar-refractivity contribution in [3.8, 4) is 0 Å². The molecule has 20 heavy (non-hydrogen) atoms. The highest BCUT2D eigenvalue weighted by Gasteiger charge is 2.19. The first-order valence-corrected chi connectivity index (χ1v) is 6.88. The van der Waals surface area contributed by atoms with Crippen LogP contribution in [-0.2, 0) is 9.53 Å². The molecule has 0 radical (unpaired) electrons. The molecule has 0 saturated carbocycles. The fourth-order valence-electron chi connectivity index (χ4n) is 2.22. The summed E-state index contributed by atoms with van der Waals surface area (Å²) in [6.45, 7) is 3.42. The number of ether oxygens (including phenoxy) is 1. The Morgan fingerprint density at radius 3 is 2.60 bits per heavy atom. The van der Waals surface area contributed by atoms with Gasteiger partial charge in [0.1, 0.15) is 0 Å². The fourth-order valence-corrected chi connectivity index (χ4v) is 2.22. The van der Waals surface area contributed by atoms with Gasteiger partial charge in [-0.05, 0) is 25.5 Å². The third-order valence-corrected chi connectivity index (χ3v) is 3.29. The second kappa shape index (κ2) is 6.89. The van der Waals surface area contributed by atoms with Gasteiger partial charge in [0.15, 0.2) is 0 Å². The first-order chi connectivity index (χ1) is 9.70. The van der Waals surface area contributed by atoms with Gasteiger partial charge in [-0.15, -0.1) is 0 Å². The Balaban J connectivity index is 1.92. The molecule has 1 amide bonds. The van der Waals surface area contributed by atoms with Crippen LogP contribution in [-0.4, -0.2) is 36.5 Å². The molecule has 0 aliphatic carbocycles. The summed E-state index contributed by atoms with van der Waals surface area (Å²) in [4.78, 5) is 25.4. The lowest BCUT2D eigenvalue weighted by Crippen LogP contribution is -2.35. The normalized spacial score (nSPS) is 14.7. The van der Waals surface area contributed by atoms with Gasteiger partial charge in [-0.2, -0.15) is 0 Å². The summed E-state index contributed by atoms with van der Waals surface area (Å²) in [7, 11) is 0. The molecule has 0 atom stereocenters. The van der Waals surface area contributed by atoms with Gasteiger partial charge in [0.05, 0.1) is 13.0 Å². The molecule has 1 aliphatic rings. The second-order valence-electron chi connectivity index (χ2n) is 4.71. The van der Waals surface area contributed by atoms with Crippen LogP contribution < -0.4 is 0 Å². The maximum Gasteiger partial charge on any atom is 0.309 e. The Hall–Kier alpha value is -2.10. The number of amides is 1. The summed E-state index contributed by atoms with van der Waals surface area (Å²) in [6.07, 6.45) is 3.03. The van der Waals surface area contributed by atoms with Crippen molar-refractivity contribution in [1.82, 2.24) is 4.90 Å². The van der Waals surface area contributed by atoms with Crippen LogP contribution in [0.15, 0.2) is 42.0 Å². The highest BCUT2D eigenvalue weighted by atomic mass is 16.5. The van der Waals surface area contributed by atoms with E-state index in [0.29, 0.717) is 31.7 Å². The first kappa shape index (κ1) is 14.3. The van der Waals surface area contributed by atoms with Gasteiger partial charge in [0, 0.05) is 18.7 Å². The van der Waals surface area contributed by atoms with Crippen LogP contribution in [0.2, 0.25) is 0 Å². The molecule has 4 nitrogen and oxygen atoms in total. The first-order valence-electron chi connectivity index (χ1n) is 6.88. The van der Waals surface area contributed by atoms with Crippen molar-refractivity contribution in [2.75, 3.05) is 19.7 Å². The molecule has 1 heterocycles. The molecule has 106 valence electrons. The van der Waals surface area contributed by atoms with Crippen LogP contribution in [0, 0.1) is 0 Å². The third-order valence-electron chi connectivity index (χ3n) is 3.29. The quantitative estimate of drug-likeness (QED) is 0.625. The van der Waals surface area contributed by atoms with Gasteiger partial charge in [0.25, 0.3) is 5.91 Å². The summed E-state index contributed by atoms with van der Waals surface area (Å²) < 4.78 is 4.93. The van der Waals surface area contributed by atoms with Gasteiger partial charge >= 0.3 is 5.97 Å². The van der Waals surface area contributed by atoms with E-state index < -0.39 is 0 Å². The topological polar surface area (TPSA) is 46.6 Å². The van der Waals surface area contributed by atoms with Crippen molar-refractivity contribution in [1.29, 1.82) is 0 Å². The van der Waals surface area contributed by atoms with Crippen LogP contribution in [0.1, 0.15) is 30.1 Å². The Labute approximate surface area is 119 Å². The lowest BCUT2D eigenvalue weighted by atomic mass is 10.0. The van der Waals surface area contributed by atoms with E-state index in [-0.39, 0.29) is 11.9 Å². The standard InChI is InChI=1S/C16H19NO3/c1-2-20-15(18)12-13-8-10-17(11-9-13)16(19)14-6-4-3-5-7-14/h3-8H,2,9-12H2,1H3. The summed E-state index contributed by atoms with van der Waals surface area (Å²) in [5, 5.41) is 0. The van der Waals surface area contributed by atoms with Crippen molar-refractivity contribution in [2.45, 2.75) is 19.8 Å². The summed E-state index contributed by atoms with van der Waals surface area (Å²) in [5.41, 5.74) is 1.76. The molecule has 0 bridgehead atoms. The van der Waals surface area contributed by atoms with Crippen molar-refractivity contribution in [2.24, 2.45) is 0 Å². The van der Waals surface area contributed by atoms with Crippen molar-refractivity contribution < 1.29 is 14.3 Å². The van der Waals surface area contributed by atoms with E-state index in [0.717, 1.165) is 12.0 Å². The largest absolute Gasteiger partial charge is 0.466 e. The molecular weight excluding hydrogens is 254 g/mol. The van der Waals surface area contributed by atoms with E-state index in [1.165, 1.54) is 0 Å². The van der Waals surface area contributed by atoms with Gasteiger partial charge in [-0.25, -0.2) is 0 Å². The van der Waals surface area contributed by atoms with Crippen LogP contribution in [0.4, 0.5) is 0 Å². The van der Waals surface area contributed by atoms with E-state index in [4.69, 9.17) is 4.74 Å². The molecule has 1 aliphatic heterocycles. The maximum absolute atomic E-state index is 12.2. The van der Waals surface area contributed by atoms with Crippen LogP contribution >= 0.6 is 0 Å². The highest BCUT2D eigenvalue weighted by molar-refractivity contribution is 5.94. The number of benzene rings is 1. The van der Waals surface area contributed by atoms with E-state index in [1.54, 1.807) is 11.8 Å². The molecule has 0 N–H and O–H groups in total. The van der Waals surface area contributed by atoms with Crippen LogP contribution in [0.25, 0.3) is 0 Å². The minimum Gasteiger partial charge on any atom is -0.466 e. The average Bonchev–Trinajstić information content (AvgIpc) is 2.48. The Kier molecular flexibility index (Phi) is 4.93. The number of esters is 1. The zero-order valence-corrected chi connectivity index (χ0v) is 11.7. The molecule has 1 aromatic carbocycles. The van der Waals surface area contributed by atoms with E-state index in [2.05, 4.69) is 0 Å². The molecule has 0 fully saturated rings. The number of rotatable bonds is 4. The van der Waals surface area contributed by atoms with Crippen LogP contribution in [0.3, 0.4) is 0 Å². The molecule has 0 aromatic heterocycles. The fraction of sp³-hybridized carbons (Fsp3) is 0.375. The second-order valence-corrected chi connectivity index (χ2v) is 4.71. The maximum atomic E-state index is 12.2. The molecule has 0 unspecified atom stereocenters. The van der Waals surface area contributed by atoms with Gasteiger partial charge in [-0.1, -0.05) is 29.8 Å². The van der Waals surface area contributed by atoms with Crippen LogP contribution in [0.5, 0.6) is 0 Å². The molecule has 0 spiro atoms. The highest BCUT2D eigenvalue weighted by Crippen LogP contribution is 2.17. The Morgan fingerprint density at radius 2 is 2.00 bits per heavy atom. The summed E-state index contributed by atoms with van der Waals surface area (Å²) in [5.74, 6) is -0.154. The Bertz CT molecular complexity index is 508. The predicted octanol–water partition coefficient (Wildman–Crippen LogP) is 2.41. The lowest BCUT2D eigenvalue weighted by molar-refractivity contribution is -0.142. The summed E-state index contributed by atoms with van der Waals surface area (Å²) >= 11 is 0. The minimum atomic E-state index is -0.193. The molecule has 2 rings (SSSR count). The third kappa shape index (κ3) is 3.70. The number of hydrogen-bond donors (Lipinski definition) is 0. The number of carbonyl (C=O) groups excluding carboxylic acids is 2. The minimum absolute atomic E-state index is 0.0389. The molecule has 1 aromatic rings. The van der Waals surface area contributed by atoms with Crippen molar-refractivity contribution in [3.05, 3.63) is 47.5 Å². The average molecular weight is 273 g/mol. The molecule has 0 saturated heterocycles. The monoisotopic (exact) mass is 273 g/mol. The van der Waals surface area contributed by atoms with E-state index in [9.17, 15) is 9.59 Å². The van der Waals surface area contributed by atoms with Gasteiger partial charge in [-0.3, -0.25) is 9.59 Å². The van der Waals surface area contributed by atoms with Gasteiger partial charge in [0.2, 0.25) is 0 Å². The number of hydrogen-bond acceptors (Lipinski definition) is 3. The zero-order chi connectivity index (χ0) is 14.4.